The van der Waals surface area contributed by atoms with Crippen LogP contribution in [-0.2, 0) is 17.7 Å². The quantitative estimate of drug-likeness (QED) is 0.469. The van der Waals surface area contributed by atoms with Gasteiger partial charge in [0.05, 0.1) is 24.5 Å². The smallest absolute Gasteiger partial charge is 0.341 e. The van der Waals surface area contributed by atoms with Crippen LogP contribution < -0.4 is 0 Å². The van der Waals surface area contributed by atoms with E-state index in [9.17, 15) is 4.79 Å². The van der Waals surface area contributed by atoms with Crippen LogP contribution in [0.2, 0.25) is 0 Å². The zero-order chi connectivity index (χ0) is 19.2. The molecule has 140 valence electrons. The first-order chi connectivity index (χ1) is 13.0. The third kappa shape index (κ3) is 4.82. The maximum atomic E-state index is 12.5. The molecule has 3 aromatic rings. The van der Waals surface area contributed by atoms with E-state index in [0.29, 0.717) is 24.4 Å². The minimum atomic E-state index is -0.304. The molecule has 0 aliphatic carbocycles. The second kappa shape index (κ2) is 8.62. The third-order valence-electron chi connectivity index (χ3n) is 4.52. The summed E-state index contributed by atoms with van der Waals surface area (Å²) < 4.78 is 7.34. The van der Waals surface area contributed by atoms with Crippen LogP contribution in [0.25, 0.3) is 0 Å². The van der Waals surface area contributed by atoms with Crippen molar-refractivity contribution < 1.29 is 9.53 Å². The molecule has 2 heterocycles. The molecule has 0 amide bonds. The molecule has 0 aliphatic heterocycles. The van der Waals surface area contributed by atoms with E-state index in [-0.39, 0.29) is 5.97 Å². The van der Waals surface area contributed by atoms with Crippen LogP contribution in [0.3, 0.4) is 0 Å². The lowest BCUT2D eigenvalue weighted by molar-refractivity contribution is 0.0498. The predicted octanol–water partition coefficient (Wildman–Crippen LogP) is 4.04. The van der Waals surface area contributed by atoms with Crippen LogP contribution in [0.5, 0.6) is 0 Å². The van der Waals surface area contributed by atoms with Crippen molar-refractivity contribution in [2.75, 3.05) is 6.61 Å². The van der Waals surface area contributed by atoms with Crippen LogP contribution in [0, 0.1) is 20.8 Å². The van der Waals surface area contributed by atoms with E-state index >= 15 is 0 Å². The molecule has 1 aromatic carbocycles. The van der Waals surface area contributed by atoms with Crippen LogP contribution in [0.1, 0.15) is 45.1 Å². The van der Waals surface area contributed by atoms with Crippen molar-refractivity contribution >= 4 is 5.97 Å². The Morgan fingerprint density at radius 2 is 1.81 bits per heavy atom. The molecule has 0 radical (unpaired) electrons. The van der Waals surface area contributed by atoms with E-state index in [0.717, 1.165) is 35.5 Å². The first kappa shape index (κ1) is 18.8. The summed E-state index contributed by atoms with van der Waals surface area (Å²) in [7, 11) is 0. The number of rotatable bonds is 7. The number of carbonyl (C=O) groups is 1. The Hall–Kier alpha value is -2.95. The maximum Gasteiger partial charge on any atom is 0.341 e. The largest absolute Gasteiger partial charge is 0.462 e. The van der Waals surface area contributed by atoms with Gasteiger partial charge in [-0.05, 0) is 51.3 Å². The predicted molar refractivity (Wildman–Crippen MR) is 105 cm³/mol. The van der Waals surface area contributed by atoms with Crippen molar-refractivity contribution in [3.63, 3.8) is 0 Å². The fourth-order valence-corrected chi connectivity index (χ4v) is 3.13. The normalized spacial score (nSPS) is 10.8. The van der Waals surface area contributed by atoms with Crippen LogP contribution in [0.4, 0.5) is 0 Å². The molecule has 0 aliphatic rings. The molecule has 0 fully saturated rings. The summed E-state index contributed by atoms with van der Waals surface area (Å²) in [6.45, 7) is 6.75. The first-order valence-corrected chi connectivity index (χ1v) is 9.22. The summed E-state index contributed by atoms with van der Waals surface area (Å²) in [6.07, 6.45) is 1.54. The van der Waals surface area contributed by atoms with Gasteiger partial charge in [0.1, 0.15) is 5.56 Å². The number of pyridine rings is 1. The van der Waals surface area contributed by atoms with Gasteiger partial charge in [-0.1, -0.05) is 36.4 Å². The monoisotopic (exact) mass is 363 g/mol. The number of hydrogen-bond acceptors (Lipinski definition) is 4. The van der Waals surface area contributed by atoms with E-state index in [4.69, 9.17) is 4.74 Å². The highest BCUT2D eigenvalue weighted by Gasteiger charge is 2.20. The lowest BCUT2D eigenvalue weighted by atomic mass is 10.2. The number of esters is 1. The number of carbonyl (C=O) groups excluding carboxylic acids is 1. The Balaban J connectivity index is 1.58. The zero-order valence-corrected chi connectivity index (χ0v) is 16.1. The molecular weight excluding hydrogens is 338 g/mol. The van der Waals surface area contributed by atoms with Crippen molar-refractivity contribution in [1.82, 2.24) is 14.8 Å². The van der Waals surface area contributed by atoms with Crippen LogP contribution in [0.15, 0.2) is 48.5 Å². The van der Waals surface area contributed by atoms with Crippen molar-refractivity contribution in [3.8, 4) is 0 Å². The van der Waals surface area contributed by atoms with Crippen molar-refractivity contribution in [3.05, 3.63) is 82.4 Å². The minimum Gasteiger partial charge on any atom is -0.462 e. The third-order valence-corrected chi connectivity index (χ3v) is 4.52. The number of nitrogens with zero attached hydrogens (tertiary/aromatic N) is 3. The average molecular weight is 363 g/mol. The Morgan fingerprint density at radius 3 is 2.56 bits per heavy atom. The van der Waals surface area contributed by atoms with E-state index in [1.54, 1.807) is 0 Å². The van der Waals surface area contributed by atoms with E-state index in [1.165, 1.54) is 0 Å². The van der Waals surface area contributed by atoms with E-state index < -0.39 is 0 Å². The molecule has 27 heavy (non-hydrogen) atoms. The number of hydrogen-bond donors (Lipinski definition) is 0. The van der Waals surface area contributed by atoms with Crippen molar-refractivity contribution in [1.29, 1.82) is 0 Å². The molecule has 0 N–H and O–H groups in total. The highest BCUT2D eigenvalue weighted by Crippen LogP contribution is 2.16. The molecule has 0 unspecified atom stereocenters. The zero-order valence-electron chi connectivity index (χ0n) is 16.1. The highest BCUT2D eigenvalue weighted by molar-refractivity contribution is 5.91. The Bertz CT molecular complexity index is 917. The molecule has 0 atom stereocenters. The molecular formula is C22H25N3O2. The molecule has 0 saturated heterocycles. The van der Waals surface area contributed by atoms with Gasteiger partial charge < -0.3 is 4.74 Å². The van der Waals surface area contributed by atoms with Gasteiger partial charge in [0.15, 0.2) is 0 Å². The first-order valence-electron chi connectivity index (χ1n) is 9.22. The summed E-state index contributed by atoms with van der Waals surface area (Å²) in [4.78, 5) is 17.0. The lowest BCUT2D eigenvalue weighted by Crippen LogP contribution is -2.10. The molecule has 5 nitrogen and oxygen atoms in total. The van der Waals surface area contributed by atoms with E-state index in [1.807, 2.05) is 74.0 Å². The molecule has 0 bridgehead atoms. The number of ether oxygens (including phenoxy) is 1. The Morgan fingerprint density at radius 1 is 1.04 bits per heavy atom. The summed E-state index contributed by atoms with van der Waals surface area (Å²) in [5.41, 5.74) is 5.28. The molecule has 0 saturated carbocycles. The maximum absolute atomic E-state index is 12.5. The van der Waals surface area contributed by atoms with E-state index in [2.05, 4.69) is 10.1 Å². The SMILES string of the molecule is Cc1cccc(CCCOC(=O)c2c(C)nn(Cc3ccccc3)c2C)n1. The number of aryl methyl sites for hydroxylation is 3. The summed E-state index contributed by atoms with van der Waals surface area (Å²) in [5, 5.41) is 4.52. The summed E-state index contributed by atoms with van der Waals surface area (Å²) in [6, 6.07) is 16.1. The fraction of sp³-hybridized carbons (Fsp3) is 0.318. The second-order valence-electron chi connectivity index (χ2n) is 6.70. The van der Waals surface area contributed by atoms with Gasteiger partial charge >= 0.3 is 5.97 Å². The lowest BCUT2D eigenvalue weighted by Gasteiger charge is -2.07. The van der Waals surface area contributed by atoms with Gasteiger partial charge in [0, 0.05) is 11.4 Å². The number of benzene rings is 1. The standard InChI is InChI=1S/C22H25N3O2/c1-16-9-7-12-20(23-16)13-8-14-27-22(26)21-17(2)24-25(18(21)3)15-19-10-5-4-6-11-19/h4-7,9-12H,8,13-15H2,1-3H3. The summed E-state index contributed by atoms with van der Waals surface area (Å²) >= 11 is 0. The van der Waals surface area contributed by atoms with Gasteiger partial charge in [0.25, 0.3) is 0 Å². The second-order valence-corrected chi connectivity index (χ2v) is 6.70. The Kier molecular flexibility index (Phi) is 6.01. The average Bonchev–Trinajstić information content (AvgIpc) is 2.93. The molecule has 0 spiro atoms. The minimum absolute atomic E-state index is 0.304. The molecule has 3 rings (SSSR count). The van der Waals surface area contributed by atoms with Crippen LogP contribution >= 0.6 is 0 Å². The van der Waals surface area contributed by atoms with Gasteiger partial charge in [-0.15, -0.1) is 0 Å². The van der Waals surface area contributed by atoms with Crippen LogP contribution in [-0.4, -0.2) is 27.3 Å². The molecule has 2 aromatic heterocycles. The fourth-order valence-electron chi connectivity index (χ4n) is 3.13. The van der Waals surface area contributed by atoms with Gasteiger partial charge in [0.2, 0.25) is 0 Å². The number of aromatic nitrogens is 3. The summed E-state index contributed by atoms with van der Waals surface area (Å²) in [5.74, 6) is -0.304. The Labute approximate surface area is 160 Å². The van der Waals surface area contributed by atoms with Crippen molar-refractivity contribution in [2.45, 2.75) is 40.2 Å². The topological polar surface area (TPSA) is 57.0 Å². The molecule has 5 heteroatoms. The van der Waals surface area contributed by atoms with Gasteiger partial charge in [-0.25, -0.2) is 4.79 Å². The van der Waals surface area contributed by atoms with Crippen molar-refractivity contribution in [2.24, 2.45) is 0 Å². The van der Waals surface area contributed by atoms with Gasteiger partial charge in [-0.3, -0.25) is 9.67 Å². The highest BCUT2D eigenvalue weighted by atomic mass is 16.5. The van der Waals surface area contributed by atoms with Gasteiger partial charge in [-0.2, -0.15) is 5.10 Å².